The maximum Gasteiger partial charge on any atom is 0.249 e. The Labute approximate surface area is 141 Å². The minimum atomic E-state index is -0.494. The van der Waals surface area contributed by atoms with E-state index in [4.69, 9.17) is 0 Å². The first-order chi connectivity index (χ1) is 11.6. The first-order valence-corrected chi connectivity index (χ1v) is 7.92. The number of hydrogen-bond donors (Lipinski definition) is 1. The van der Waals surface area contributed by atoms with Crippen LogP contribution in [0.2, 0.25) is 0 Å². The molecule has 5 heteroatoms. The molecule has 122 valence electrons. The molecule has 24 heavy (non-hydrogen) atoms. The topological polar surface area (TPSA) is 62.3 Å². The third kappa shape index (κ3) is 3.51. The molecule has 0 bridgehead atoms. The zero-order chi connectivity index (χ0) is 16.9. The van der Waals surface area contributed by atoms with Crippen molar-refractivity contribution in [2.75, 3.05) is 4.90 Å². The van der Waals surface area contributed by atoms with Crippen molar-refractivity contribution in [2.45, 2.75) is 25.4 Å². The van der Waals surface area contributed by atoms with Crippen LogP contribution in [0.25, 0.3) is 6.08 Å². The highest BCUT2D eigenvalue weighted by atomic mass is 16.2. The van der Waals surface area contributed by atoms with Gasteiger partial charge < -0.3 is 10.2 Å². The van der Waals surface area contributed by atoms with Crippen molar-refractivity contribution >= 4 is 23.6 Å². The zero-order valence-electron chi connectivity index (χ0n) is 13.4. The van der Waals surface area contributed by atoms with Gasteiger partial charge in [0.1, 0.15) is 6.04 Å². The Balaban J connectivity index is 1.65. The second-order valence-electron chi connectivity index (χ2n) is 5.81. The third-order valence-electron chi connectivity index (χ3n) is 4.02. The predicted octanol–water partition coefficient (Wildman–Crippen LogP) is 2.41. The maximum atomic E-state index is 12.6. The van der Waals surface area contributed by atoms with E-state index in [1.807, 2.05) is 43.3 Å². The molecule has 1 aliphatic rings. The van der Waals surface area contributed by atoms with Crippen molar-refractivity contribution in [3.8, 4) is 0 Å². The summed E-state index contributed by atoms with van der Waals surface area (Å²) >= 11 is 0. The van der Waals surface area contributed by atoms with Gasteiger partial charge in [-0.2, -0.15) is 0 Å². The van der Waals surface area contributed by atoms with E-state index in [9.17, 15) is 9.59 Å². The van der Waals surface area contributed by atoms with E-state index in [-0.39, 0.29) is 17.9 Å². The summed E-state index contributed by atoms with van der Waals surface area (Å²) in [5.41, 5.74) is 1.70. The lowest BCUT2D eigenvalue weighted by atomic mass is 10.2. The van der Waals surface area contributed by atoms with E-state index in [2.05, 4.69) is 10.3 Å². The molecular weight excluding hydrogens is 302 g/mol. The van der Waals surface area contributed by atoms with Crippen LogP contribution < -0.4 is 10.2 Å². The normalized spacial score (nSPS) is 20.5. The number of anilines is 1. The highest BCUT2D eigenvalue weighted by Crippen LogP contribution is 2.26. The Morgan fingerprint density at radius 1 is 1.25 bits per heavy atom. The zero-order valence-corrected chi connectivity index (χ0v) is 13.4. The van der Waals surface area contributed by atoms with Gasteiger partial charge in [-0.25, -0.2) is 0 Å². The molecule has 2 atom stereocenters. The van der Waals surface area contributed by atoms with Gasteiger partial charge in [0, 0.05) is 30.2 Å². The molecule has 0 radical (unpaired) electrons. The van der Waals surface area contributed by atoms with E-state index in [0.29, 0.717) is 6.42 Å². The van der Waals surface area contributed by atoms with Gasteiger partial charge in [0.15, 0.2) is 0 Å². The second kappa shape index (κ2) is 7.08. The van der Waals surface area contributed by atoms with Crippen molar-refractivity contribution in [1.29, 1.82) is 0 Å². The molecule has 0 aliphatic carbocycles. The molecule has 2 aromatic rings. The number of para-hydroxylation sites is 1. The fraction of sp³-hybridized carbons (Fsp3) is 0.211. The van der Waals surface area contributed by atoms with Crippen LogP contribution in [0.3, 0.4) is 0 Å². The first kappa shape index (κ1) is 15.9. The summed E-state index contributed by atoms with van der Waals surface area (Å²) in [6.07, 6.45) is 7.05. The molecule has 1 saturated heterocycles. The summed E-state index contributed by atoms with van der Waals surface area (Å²) in [7, 11) is 0. The summed E-state index contributed by atoms with van der Waals surface area (Å²) in [6, 6.07) is 12.7. The Morgan fingerprint density at radius 2 is 2.04 bits per heavy atom. The Hall–Kier alpha value is -2.95. The van der Waals surface area contributed by atoms with E-state index in [0.717, 1.165) is 11.3 Å². The van der Waals surface area contributed by atoms with Crippen LogP contribution >= 0.6 is 0 Å². The van der Waals surface area contributed by atoms with Crippen LogP contribution in [0.5, 0.6) is 0 Å². The van der Waals surface area contributed by atoms with E-state index >= 15 is 0 Å². The number of amides is 2. The molecule has 1 aliphatic heterocycles. The maximum absolute atomic E-state index is 12.6. The SMILES string of the molecule is C[C@@H]1C[C@@H](NC(=O)/C=C/c2cccnc2)C(=O)N1c1ccccc1. The smallest absolute Gasteiger partial charge is 0.249 e. The fourth-order valence-electron chi connectivity index (χ4n) is 2.89. The lowest BCUT2D eigenvalue weighted by Crippen LogP contribution is -2.41. The number of benzene rings is 1. The molecule has 1 aromatic carbocycles. The fourth-order valence-corrected chi connectivity index (χ4v) is 2.89. The second-order valence-corrected chi connectivity index (χ2v) is 5.81. The Bertz CT molecular complexity index is 744. The molecule has 0 spiro atoms. The number of carbonyl (C=O) groups excluding carboxylic acids is 2. The summed E-state index contributed by atoms with van der Waals surface area (Å²) in [6.45, 7) is 1.99. The van der Waals surface area contributed by atoms with Gasteiger partial charge in [0.2, 0.25) is 11.8 Å². The molecule has 5 nitrogen and oxygen atoms in total. The molecular formula is C19H19N3O2. The highest BCUT2D eigenvalue weighted by molar-refractivity contribution is 6.03. The van der Waals surface area contributed by atoms with Gasteiger partial charge in [-0.3, -0.25) is 14.6 Å². The van der Waals surface area contributed by atoms with Crippen LogP contribution in [0.15, 0.2) is 60.9 Å². The summed E-state index contributed by atoms with van der Waals surface area (Å²) < 4.78 is 0. The minimum Gasteiger partial charge on any atom is -0.341 e. The van der Waals surface area contributed by atoms with Gasteiger partial charge >= 0.3 is 0 Å². The largest absolute Gasteiger partial charge is 0.341 e. The first-order valence-electron chi connectivity index (χ1n) is 7.92. The lowest BCUT2D eigenvalue weighted by Gasteiger charge is -2.21. The van der Waals surface area contributed by atoms with E-state index in [1.165, 1.54) is 6.08 Å². The van der Waals surface area contributed by atoms with E-state index < -0.39 is 6.04 Å². The summed E-state index contributed by atoms with van der Waals surface area (Å²) in [5, 5.41) is 2.79. The Morgan fingerprint density at radius 3 is 2.75 bits per heavy atom. The van der Waals surface area contributed by atoms with E-state index in [1.54, 1.807) is 29.4 Å². The van der Waals surface area contributed by atoms with Crippen LogP contribution in [-0.4, -0.2) is 28.9 Å². The molecule has 1 N–H and O–H groups in total. The number of nitrogens with one attached hydrogen (secondary N) is 1. The van der Waals surface area contributed by atoms with Crippen molar-refractivity contribution in [2.24, 2.45) is 0 Å². The summed E-state index contributed by atoms with van der Waals surface area (Å²) in [5.74, 6) is -0.351. The predicted molar refractivity (Wildman–Crippen MR) is 93.2 cm³/mol. The third-order valence-corrected chi connectivity index (χ3v) is 4.02. The van der Waals surface area contributed by atoms with Gasteiger partial charge in [-0.1, -0.05) is 24.3 Å². The monoisotopic (exact) mass is 321 g/mol. The molecule has 1 aromatic heterocycles. The van der Waals surface area contributed by atoms with Crippen molar-refractivity contribution in [1.82, 2.24) is 10.3 Å². The van der Waals surface area contributed by atoms with Crippen molar-refractivity contribution in [3.63, 3.8) is 0 Å². The molecule has 1 fully saturated rings. The average Bonchev–Trinajstić information content (AvgIpc) is 2.88. The van der Waals surface area contributed by atoms with Crippen LogP contribution in [0.4, 0.5) is 5.69 Å². The highest BCUT2D eigenvalue weighted by Gasteiger charge is 2.38. The molecule has 2 heterocycles. The number of rotatable bonds is 4. The average molecular weight is 321 g/mol. The van der Waals surface area contributed by atoms with Gasteiger partial charge in [-0.15, -0.1) is 0 Å². The minimum absolute atomic E-state index is 0.0486. The van der Waals surface area contributed by atoms with Crippen molar-refractivity contribution in [3.05, 3.63) is 66.5 Å². The number of pyridine rings is 1. The van der Waals surface area contributed by atoms with Crippen LogP contribution in [-0.2, 0) is 9.59 Å². The Kier molecular flexibility index (Phi) is 4.70. The molecule has 0 saturated carbocycles. The van der Waals surface area contributed by atoms with Crippen LogP contribution in [0, 0.1) is 0 Å². The lowest BCUT2D eigenvalue weighted by molar-refractivity contribution is -0.123. The van der Waals surface area contributed by atoms with Gasteiger partial charge in [0.05, 0.1) is 0 Å². The number of aromatic nitrogens is 1. The summed E-state index contributed by atoms with van der Waals surface area (Å²) in [4.78, 5) is 30.4. The molecule has 3 rings (SSSR count). The molecule has 0 unspecified atom stereocenters. The van der Waals surface area contributed by atoms with Gasteiger partial charge in [0.25, 0.3) is 0 Å². The number of hydrogen-bond acceptors (Lipinski definition) is 3. The van der Waals surface area contributed by atoms with Crippen LogP contribution in [0.1, 0.15) is 18.9 Å². The standard InChI is InChI=1S/C19H19N3O2/c1-14-12-17(19(24)22(14)16-7-3-2-4-8-16)21-18(23)10-9-15-6-5-11-20-13-15/h2-11,13-14,17H,12H2,1H3,(H,21,23)/b10-9+/t14-,17-/m1/s1. The number of carbonyl (C=O) groups is 2. The quantitative estimate of drug-likeness (QED) is 0.880. The molecule has 2 amide bonds. The van der Waals surface area contributed by atoms with Crippen molar-refractivity contribution < 1.29 is 9.59 Å². The van der Waals surface area contributed by atoms with Gasteiger partial charge in [-0.05, 0) is 43.2 Å². The number of nitrogens with zero attached hydrogens (tertiary/aromatic N) is 2.